The zero-order valence-corrected chi connectivity index (χ0v) is 8.35. The lowest BCUT2D eigenvalue weighted by atomic mass is 10.0. The largest absolute Gasteiger partial charge is 0.508 e. The Morgan fingerprint density at radius 1 is 1.44 bits per heavy atom. The first-order valence-electron chi connectivity index (χ1n) is 4.51. The Kier molecular flexibility index (Phi) is 3.96. The van der Waals surface area contributed by atoms with Gasteiger partial charge in [-0.05, 0) is 11.6 Å². The third kappa shape index (κ3) is 2.77. The number of aliphatic hydroxyl groups excluding tert-OH is 2. The molecule has 0 aromatic heterocycles. The third-order valence-corrected chi connectivity index (χ3v) is 2.09. The third-order valence-electron chi connectivity index (χ3n) is 2.09. The maximum Gasteiger partial charge on any atom is 0.117 e. The van der Waals surface area contributed by atoms with E-state index in [1.165, 1.54) is 18.2 Å². The summed E-state index contributed by atoms with van der Waals surface area (Å²) in [6, 6.07) is 4.00. The molecule has 0 heterocycles. The molecule has 0 bridgehead atoms. The number of benzene rings is 1. The number of phenolic OH excluding ortho intramolecular Hbond substituents is 1. The molecule has 0 aliphatic rings. The summed E-state index contributed by atoms with van der Waals surface area (Å²) in [5.74, 6) is -0.0296. The zero-order valence-electron chi connectivity index (χ0n) is 8.35. The molecule has 2 atom stereocenters. The van der Waals surface area contributed by atoms with E-state index in [-0.39, 0.29) is 23.5 Å². The van der Waals surface area contributed by atoms with Gasteiger partial charge < -0.3 is 21.1 Å². The van der Waals surface area contributed by atoms with Crippen molar-refractivity contribution in [1.82, 2.24) is 0 Å². The Balaban J connectivity index is 2.86. The van der Waals surface area contributed by atoms with Crippen LogP contribution in [0, 0.1) is 0 Å². The quantitative estimate of drug-likeness (QED) is 0.258. The van der Waals surface area contributed by atoms with Crippen LogP contribution >= 0.6 is 0 Å². The van der Waals surface area contributed by atoms with Crippen molar-refractivity contribution in [1.29, 1.82) is 0 Å². The van der Waals surface area contributed by atoms with Crippen LogP contribution in [-0.2, 0) is 0 Å². The van der Waals surface area contributed by atoms with Gasteiger partial charge in [0.2, 0.25) is 0 Å². The van der Waals surface area contributed by atoms with Gasteiger partial charge in [-0.1, -0.05) is 11.2 Å². The fourth-order valence-electron chi connectivity index (χ4n) is 1.26. The number of hydrogen-bond donors (Lipinski definition) is 4. The van der Waals surface area contributed by atoms with E-state index in [9.17, 15) is 10.2 Å². The Hall–Kier alpha value is -1.95. The number of aromatic hydroxyl groups is 1. The summed E-state index contributed by atoms with van der Waals surface area (Å²) in [4.78, 5) is 2.47. The predicted molar refractivity (Wildman–Crippen MR) is 57.5 cm³/mol. The molecular weight excluding hydrogens is 212 g/mol. The summed E-state index contributed by atoms with van der Waals surface area (Å²) in [6.07, 6.45) is -2.49. The highest BCUT2D eigenvalue weighted by Gasteiger charge is 2.19. The Morgan fingerprint density at radius 3 is 2.69 bits per heavy atom. The standard InChI is InChI=1S/C9H12N4O3/c10-7-3-5(14)1-2-6(7)9(16)8(15)4-12-13-11/h1-3,8-9,14-16H,4,10H2. The number of azide groups is 1. The van der Waals surface area contributed by atoms with E-state index in [2.05, 4.69) is 10.0 Å². The van der Waals surface area contributed by atoms with Gasteiger partial charge in [0.1, 0.15) is 11.9 Å². The highest BCUT2D eigenvalue weighted by Crippen LogP contribution is 2.26. The number of rotatable bonds is 4. The van der Waals surface area contributed by atoms with Crippen molar-refractivity contribution >= 4 is 5.69 Å². The topological polar surface area (TPSA) is 135 Å². The molecule has 2 unspecified atom stereocenters. The average Bonchev–Trinajstić information content (AvgIpc) is 2.25. The van der Waals surface area contributed by atoms with Crippen molar-refractivity contribution in [2.24, 2.45) is 5.11 Å². The van der Waals surface area contributed by atoms with Crippen LogP contribution in [0.4, 0.5) is 5.69 Å². The van der Waals surface area contributed by atoms with E-state index < -0.39 is 12.2 Å². The first-order valence-corrected chi connectivity index (χ1v) is 4.51. The van der Waals surface area contributed by atoms with Crippen LogP contribution < -0.4 is 5.73 Å². The molecule has 5 N–H and O–H groups in total. The number of nitrogens with zero attached hydrogens (tertiary/aromatic N) is 3. The summed E-state index contributed by atoms with van der Waals surface area (Å²) in [5, 5.41) is 31.4. The van der Waals surface area contributed by atoms with Crippen LogP contribution in [0.3, 0.4) is 0 Å². The van der Waals surface area contributed by atoms with Crippen molar-refractivity contribution in [3.63, 3.8) is 0 Å². The van der Waals surface area contributed by atoms with Crippen LogP contribution in [-0.4, -0.2) is 28.0 Å². The van der Waals surface area contributed by atoms with E-state index in [4.69, 9.17) is 16.4 Å². The van der Waals surface area contributed by atoms with Crippen molar-refractivity contribution in [2.45, 2.75) is 12.2 Å². The van der Waals surface area contributed by atoms with Gasteiger partial charge in [-0.3, -0.25) is 0 Å². The summed E-state index contributed by atoms with van der Waals surface area (Å²) < 4.78 is 0. The fourth-order valence-corrected chi connectivity index (χ4v) is 1.26. The van der Waals surface area contributed by atoms with E-state index in [1.54, 1.807) is 0 Å². The van der Waals surface area contributed by atoms with Gasteiger partial charge in [-0.25, -0.2) is 0 Å². The second-order valence-corrected chi connectivity index (χ2v) is 3.24. The number of nitrogen functional groups attached to an aromatic ring is 1. The van der Waals surface area contributed by atoms with Crippen LogP contribution in [0.2, 0.25) is 0 Å². The Labute approximate surface area is 91.4 Å². The lowest BCUT2D eigenvalue weighted by molar-refractivity contribution is 0.0248. The molecule has 1 rings (SSSR count). The molecule has 0 radical (unpaired) electrons. The Morgan fingerprint density at radius 2 is 2.12 bits per heavy atom. The summed E-state index contributed by atoms with van der Waals surface area (Å²) in [7, 11) is 0. The number of phenols is 1. The van der Waals surface area contributed by atoms with E-state index in [0.717, 1.165) is 0 Å². The molecule has 86 valence electrons. The minimum absolute atomic E-state index is 0.0296. The normalized spacial score (nSPS) is 13.9. The monoisotopic (exact) mass is 224 g/mol. The smallest absolute Gasteiger partial charge is 0.117 e. The van der Waals surface area contributed by atoms with Gasteiger partial charge in [-0.15, -0.1) is 0 Å². The van der Waals surface area contributed by atoms with E-state index in [1.807, 2.05) is 0 Å². The molecule has 0 amide bonds. The molecule has 7 nitrogen and oxygen atoms in total. The summed E-state index contributed by atoms with van der Waals surface area (Å²) in [5.41, 5.74) is 14.1. The summed E-state index contributed by atoms with van der Waals surface area (Å²) >= 11 is 0. The second-order valence-electron chi connectivity index (χ2n) is 3.24. The van der Waals surface area contributed by atoms with Crippen molar-refractivity contribution in [3.8, 4) is 5.75 Å². The van der Waals surface area contributed by atoms with Crippen LogP contribution in [0.1, 0.15) is 11.7 Å². The highest BCUT2D eigenvalue weighted by molar-refractivity contribution is 5.52. The van der Waals surface area contributed by atoms with Gasteiger partial charge in [0.25, 0.3) is 0 Å². The second kappa shape index (κ2) is 5.22. The maximum atomic E-state index is 9.69. The van der Waals surface area contributed by atoms with E-state index >= 15 is 0 Å². The van der Waals surface area contributed by atoms with Gasteiger partial charge in [-0.2, -0.15) is 0 Å². The molecule has 7 heteroatoms. The molecule has 0 spiro atoms. The highest BCUT2D eigenvalue weighted by atomic mass is 16.3. The Bertz CT molecular complexity index is 417. The van der Waals surface area contributed by atoms with Crippen LogP contribution in [0.15, 0.2) is 23.3 Å². The number of nitrogens with two attached hydrogens (primary N) is 1. The van der Waals surface area contributed by atoms with Crippen LogP contribution in [0.25, 0.3) is 10.4 Å². The predicted octanol–water partition coefficient (Wildman–Crippen LogP) is 0.679. The summed E-state index contributed by atoms with van der Waals surface area (Å²) in [6.45, 7) is -0.252. The van der Waals surface area contributed by atoms with Crippen LogP contribution in [0.5, 0.6) is 5.75 Å². The minimum atomic E-state index is -1.26. The van der Waals surface area contributed by atoms with Gasteiger partial charge >= 0.3 is 0 Å². The molecule has 0 saturated carbocycles. The molecular formula is C9H12N4O3. The number of anilines is 1. The number of hydrogen-bond acceptors (Lipinski definition) is 5. The van der Waals surface area contributed by atoms with Gasteiger partial charge in [0, 0.05) is 22.2 Å². The minimum Gasteiger partial charge on any atom is -0.508 e. The number of aliphatic hydroxyl groups is 2. The van der Waals surface area contributed by atoms with Gasteiger partial charge in [0.05, 0.1) is 12.6 Å². The lowest BCUT2D eigenvalue weighted by Crippen LogP contribution is -2.22. The average molecular weight is 224 g/mol. The van der Waals surface area contributed by atoms with Crippen molar-refractivity contribution in [2.75, 3.05) is 12.3 Å². The SMILES string of the molecule is [N-]=[N+]=NCC(O)C(O)c1ccc(O)cc1N. The molecule has 1 aromatic rings. The van der Waals surface area contributed by atoms with Crippen molar-refractivity contribution < 1.29 is 15.3 Å². The molecule has 0 aliphatic carbocycles. The first kappa shape index (κ1) is 12.1. The van der Waals surface area contributed by atoms with Crippen molar-refractivity contribution in [3.05, 3.63) is 34.2 Å². The maximum absolute atomic E-state index is 9.69. The molecule has 0 saturated heterocycles. The molecule has 16 heavy (non-hydrogen) atoms. The molecule has 0 fully saturated rings. The molecule has 0 aliphatic heterocycles. The van der Waals surface area contributed by atoms with E-state index in [0.29, 0.717) is 0 Å². The van der Waals surface area contributed by atoms with Gasteiger partial charge in [0.15, 0.2) is 0 Å². The first-order chi connectivity index (χ1) is 7.56. The zero-order chi connectivity index (χ0) is 12.1. The molecule has 1 aromatic carbocycles. The fraction of sp³-hybridized carbons (Fsp3) is 0.333. The lowest BCUT2D eigenvalue weighted by Gasteiger charge is -2.17.